The van der Waals surface area contributed by atoms with Crippen LogP contribution in [0.5, 0.6) is 11.5 Å². The van der Waals surface area contributed by atoms with Crippen molar-refractivity contribution in [3.05, 3.63) is 82.4 Å². The predicted octanol–water partition coefficient (Wildman–Crippen LogP) is 7.60. The molecule has 0 spiro atoms. The van der Waals surface area contributed by atoms with Crippen LogP contribution < -0.4 is 9.47 Å². The Kier molecular flexibility index (Phi) is 13.5. The lowest BCUT2D eigenvalue weighted by Gasteiger charge is -2.15. The van der Waals surface area contributed by atoms with Crippen LogP contribution in [0.2, 0.25) is 5.02 Å². The molecule has 3 aromatic carbocycles. The van der Waals surface area contributed by atoms with Crippen molar-refractivity contribution in [2.45, 2.75) is 64.4 Å². The Bertz CT molecular complexity index is 1270. The van der Waals surface area contributed by atoms with Gasteiger partial charge in [-0.2, -0.15) is 0 Å². The number of unbranched alkanes of at least 4 members (excludes halogenated alkanes) is 3. The molecule has 7 nitrogen and oxygen atoms in total. The van der Waals surface area contributed by atoms with Crippen LogP contribution in [0, 0.1) is 0 Å². The molecule has 0 saturated carbocycles. The molecule has 0 heterocycles. The third-order valence-electron chi connectivity index (χ3n) is 6.66. The topological polar surface area (TPSA) is 102 Å². The van der Waals surface area contributed by atoms with E-state index in [1.807, 2.05) is 54.6 Å². The van der Waals surface area contributed by atoms with Crippen LogP contribution >= 0.6 is 11.6 Å². The second kappa shape index (κ2) is 17.3. The number of aryl methyl sites for hydroxylation is 1. The fraction of sp³-hybridized carbons (Fsp3) is 0.394. The summed E-state index contributed by atoms with van der Waals surface area (Å²) in [6.45, 7) is 1.38. The minimum absolute atomic E-state index is 0.0183. The van der Waals surface area contributed by atoms with E-state index in [-0.39, 0.29) is 19.4 Å². The number of hydrogen-bond donors (Lipinski definition) is 2. The van der Waals surface area contributed by atoms with Crippen LogP contribution in [-0.4, -0.2) is 42.5 Å². The maximum atomic E-state index is 11.2. The number of carboxylic acid groups (broad SMARTS) is 2. The zero-order valence-electron chi connectivity index (χ0n) is 23.6. The average molecular weight is 583 g/mol. The number of ether oxygens (including phenoxy) is 3. The number of methoxy groups -OCH3 is 1. The third kappa shape index (κ3) is 11.5. The van der Waals surface area contributed by atoms with Gasteiger partial charge in [-0.05, 0) is 96.3 Å². The number of rotatable bonds is 19. The predicted molar refractivity (Wildman–Crippen MR) is 160 cm³/mol. The molecule has 0 aliphatic heterocycles. The molecule has 0 aliphatic rings. The summed E-state index contributed by atoms with van der Waals surface area (Å²) in [5, 5.41) is 18.7. The van der Waals surface area contributed by atoms with Gasteiger partial charge in [0, 0.05) is 25.0 Å². The maximum absolute atomic E-state index is 11.2. The number of carboxylic acids is 2. The quantitative estimate of drug-likeness (QED) is 0.140. The first-order valence-electron chi connectivity index (χ1n) is 14.0. The van der Waals surface area contributed by atoms with Gasteiger partial charge in [0.1, 0.15) is 11.5 Å². The zero-order chi connectivity index (χ0) is 29.5. The molecule has 0 amide bonds. The average Bonchev–Trinajstić information content (AvgIpc) is 2.94. The summed E-state index contributed by atoms with van der Waals surface area (Å²) in [5.74, 6) is -0.266. The van der Waals surface area contributed by atoms with Gasteiger partial charge in [-0.3, -0.25) is 9.59 Å². The van der Waals surface area contributed by atoms with Crippen molar-refractivity contribution in [3.8, 4) is 22.6 Å². The summed E-state index contributed by atoms with van der Waals surface area (Å²) in [7, 11) is 1.67. The normalized spacial score (nSPS) is 10.9. The largest absolute Gasteiger partial charge is 0.494 e. The Morgan fingerprint density at radius 2 is 1.51 bits per heavy atom. The summed E-state index contributed by atoms with van der Waals surface area (Å²) < 4.78 is 17.3. The van der Waals surface area contributed by atoms with Gasteiger partial charge in [0.25, 0.3) is 0 Å². The Morgan fingerprint density at radius 3 is 2.27 bits per heavy atom. The summed E-state index contributed by atoms with van der Waals surface area (Å²) in [5.41, 5.74) is 5.08. The van der Waals surface area contributed by atoms with Crippen LogP contribution in [0.15, 0.2) is 60.7 Å². The van der Waals surface area contributed by atoms with Crippen molar-refractivity contribution in [2.24, 2.45) is 0 Å². The summed E-state index contributed by atoms with van der Waals surface area (Å²) in [6, 6.07) is 19.6. The Morgan fingerprint density at radius 1 is 0.756 bits per heavy atom. The van der Waals surface area contributed by atoms with Gasteiger partial charge < -0.3 is 24.4 Å². The van der Waals surface area contributed by atoms with Crippen molar-refractivity contribution in [1.29, 1.82) is 0 Å². The van der Waals surface area contributed by atoms with Gasteiger partial charge in [-0.15, -0.1) is 0 Å². The smallest absolute Gasteiger partial charge is 0.303 e. The van der Waals surface area contributed by atoms with E-state index in [4.69, 9.17) is 30.9 Å². The van der Waals surface area contributed by atoms with Crippen molar-refractivity contribution in [3.63, 3.8) is 0 Å². The molecule has 3 rings (SSSR count). The van der Waals surface area contributed by atoms with Gasteiger partial charge in [0.15, 0.2) is 0 Å². The summed E-state index contributed by atoms with van der Waals surface area (Å²) >= 11 is 6.19. The lowest BCUT2D eigenvalue weighted by molar-refractivity contribution is -0.138. The highest BCUT2D eigenvalue weighted by molar-refractivity contribution is 6.30. The van der Waals surface area contributed by atoms with E-state index >= 15 is 0 Å². The molecule has 220 valence electrons. The van der Waals surface area contributed by atoms with E-state index in [9.17, 15) is 14.7 Å². The van der Waals surface area contributed by atoms with Gasteiger partial charge in [-0.1, -0.05) is 48.7 Å². The van der Waals surface area contributed by atoms with Crippen molar-refractivity contribution in [1.82, 2.24) is 0 Å². The molecule has 0 bridgehead atoms. The molecule has 41 heavy (non-hydrogen) atoms. The highest BCUT2D eigenvalue weighted by Crippen LogP contribution is 2.29. The SMILES string of the molecule is COCc1cc(OCCCCCCc2cccc(OCCCC(=O)O)c2CCC(=O)O)cc(-c2cccc(Cl)c2)c1. The molecule has 0 radical (unpaired) electrons. The Hall–Kier alpha value is -3.55. The van der Waals surface area contributed by atoms with Crippen molar-refractivity contribution < 1.29 is 34.0 Å². The highest BCUT2D eigenvalue weighted by atomic mass is 35.5. The molecule has 0 aromatic heterocycles. The second-order valence-corrected chi connectivity index (χ2v) is 10.4. The van der Waals surface area contributed by atoms with E-state index in [2.05, 4.69) is 6.07 Å². The minimum atomic E-state index is -0.860. The zero-order valence-corrected chi connectivity index (χ0v) is 24.3. The number of benzene rings is 3. The molecule has 3 aromatic rings. The second-order valence-electron chi connectivity index (χ2n) is 9.95. The van der Waals surface area contributed by atoms with E-state index in [1.165, 1.54) is 0 Å². The number of hydrogen-bond acceptors (Lipinski definition) is 5. The molecule has 0 aliphatic carbocycles. The number of aliphatic carboxylic acids is 2. The number of carbonyl (C=O) groups is 2. The maximum Gasteiger partial charge on any atom is 0.303 e. The molecule has 0 saturated heterocycles. The lowest BCUT2D eigenvalue weighted by atomic mass is 9.97. The molecule has 8 heteroatoms. The van der Waals surface area contributed by atoms with Gasteiger partial charge in [0.05, 0.1) is 19.8 Å². The van der Waals surface area contributed by atoms with Crippen LogP contribution in [0.1, 0.15) is 61.6 Å². The van der Waals surface area contributed by atoms with Gasteiger partial charge in [-0.25, -0.2) is 0 Å². The van der Waals surface area contributed by atoms with E-state index in [0.717, 1.165) is 65.7 Å². The van der Waals surface area contributed by atoms with Crippen LogP contribution in [0.25, 0.3) is 11.1 Å². The van der Waals surface area contributed by atoms with Crippen LogP contribution in [-0.2, 0) is 33.8 Å². The Labute approximate surface area is 247 Å². The molecule has 0 atom stereocenters. The summed E-state index contributed by atoms with van der Waals surface area (Å²) in [4.78, 5) is 22.0. The third-order valence-corrected chi connectivity index (χ3v) is 6.89. The van der Waals surface area contributed by atoms with Crippen molar-refractivity contribution in [2.75, 3.05) is 20.3 Å². The first kappa shape index (κ1) is 32.0. The van der Waals surface area contributed by atoms with Gasteiger partial charge >= 0.3 is 11.9 Å². The number of halogens is 1. The van der Waals surface area contributed by atoms with Gasteiger partial charge in [0.2, 0.25) is 0 Å². The Balaban J connectivity index is 1.50. The first-order chi connectivity index (χ1) is 19.9. The van der Waals surface area contributed by atoms with Crippen LogP contribution in [0.4, 0.5) is 0 Å². The molecule has 2 N–H and O–H groups in total. The molecule has 0 fully saturated rings. The van der Waals surface area contributed by atoms with E-state index in [0.29, 0.717) is 36.8 Å². The molecular formula is C33H39ClO7. The minimum Gasteiger partial charge on any atom is -0.494 e. The van der Waals surface area contributed by atoms with E-state index in [1.54, 1.807) is 7.11 Å². The van der Waals surface area contributed by atoms with Crippen LogP contribution in [0.3, 0.4) is 0 Å². The first-order valence-corrected chi connectivity index (χ1v) is 14.4. The monoisotopic (exact) mass is 582 g/mol. The molecule has 0 unspecified atom stereocenters. The lowest BCUT2D eigenvalue weighted by Crippen LogP contribution is -2.07. The standard InChI is InChI=1S/C33H39ClO7/c1-39-23-24-19-27(26-11-6-12-28(34)21-26)22-29(20-24)40-17-5-3-2-4-9-25-10-7-13-31(30(25)15-16-33(37)38)41-18-8-14-32(35)36/h6-7,10-13,19-22H,2-5,8-9,14-18,23H2,1H3,(H,35,36)(H,37,38). The molecular weight excluding hydrogens is 544 g/mol. The van der Waals surface area contributed by atoms with Crippen molar-refractivity contribution >= 4 is 23.5 Å². The summed E-state index contributed by atoms with van der Waals surface area (Å²) in [6.07, 6.45) is 5.57. The highest BCUT2D eigenvalue weighted by Gasteiger charge is 2.12. The fourth-order valence-corrected chi connectivity index (χ4v) is 4.88. The van der Waals surface area contributed by atoms with E-state index < -0.39 is 11.9 Å². The fourth-order valence-electron chi connectivity index (χ4n) is 4.69.